The highest BCUT2D eigenvalue weighted by Crippen LogP contribution is 2.32. The number of carbonyl (C=O) groups excluding carboxylic acids is 1. The van der Waals surface area contributed by atoms with Crippen molar-refractivity contribution in [3.8, 4) is 17.0 Å². The second-order valence-corrected chi connectivity index (χ2v) is 11.8. The number of nitrogens with one attached hydrogen (secondary N) is 1. The first-order valence-corrected chi connectivity index (χ1v) is 15.9. The van der Waals surface area contributed by atoms with Gasteiger partial charge in [0.05, 0.1) is 31.7 Å². The number of nitrogens with zero attached hydrogens (tertiary/aromatic N) is 4. The third-order valence-corrected chi connectivity index (χ3v) is 8.53. The molecule has 2 aliphatic heterocycles. The van der Waals surface area contributed by atoms with Gasteiger partial charge in [-0.3, -0.25) is 4.79 Å². The van der Waals surface area contributed by atoms with E-state index in [-0.39, 0.29) is 18.0 Å². The van der Waals surface area contributed by atoms with Crippen molar-refractivity contribution in [3.05, 3.63) is 102 Å². The van der Waals surface area contributed by atoms with Crippen LogP contribution in [0.2, 0.25) is 0 Å². The number of halogens is 1. The number of carbonyl (C=O) groups is 1. The average molecular weight is 622 g/mol. The molecule has 0 spiro atoms. The molecule has 3 aromatic carbocycles. The largest absolute Gasteiger partial charge is 0.497 e. The summed E-state index contributed by atoms with van der Waals surface area (Å²) in [5.74, 6) is 0.697. The first-order valence-electron chi connectivity index (χ1n) is 15.9. The summed E-state index contributed by atoms with van der Waals surface area (Å²) in [6.45, 7) is 8.23. The van der Waals surface area contributed by atoms with Gasteiger partial charge in [0.15, 0.2) is 5.78 Å². The summed E-state index contributed by atoms with van der Waals surface area (Å²) in [4.78, 5) is 26.4. The van der Waals surface area contributed by atoms with E-state index in [0.29, 0.717) is 55.8 Å². The van der Waals surface area contributed by atoms with Gasteiger partial charge in [0.25, 0.3) is 0 Å². The number of rotatable bonds is 11. The zero-order chi connectivity index (χ0) is 31.9. The fraction of sp³-hybridized carbons (Fsp3) is 0.324. The van der Waals surface area contributed by atoms with Crippen molar-refractivity contribution in [1.29, 1.82) is 0 Å². The Morgan fingerprint density at radius 3 is 2.59 bits per heavy atom. The summed E-state index contributed by atoms with van der Waals surface area (Å²) in [6, 6.07) is 19.4. The number of ketones is 1. The standard InChI is InChI=1S/C37H40FN5O3/c1-3-32(44)20-27-19-28(23-33(21-27)45-2)36-29(18-26-10-11-35(34(38)22-26)43-14-16-46-17-15-43)25-39-37(41-36)40-30-8-7-9-31(24-30)42-12-5-4-6-13-42/h3,7-11,19,21-25H,1,4-6,12-18,20H2,2H3,(H,39,40,41). The highest BCUT2D eigenvalue weighted by atomic mass is 19.1. The van der Waals surface area contributed by atoms with E-state index in [9.17, 15) is 4.79 Å². The van der Waals surface area contributed by atoms with Gasteiger partial charge in [-0.15, -0.1) is 0 Å². The van der Waals surface area contributed by atoms with Crippen LogP contribution in [0.5, 0.6) is 5.75 Å². The van der Waals surface area contributed by atoms with Crippen molar-refractivity contribution >= 4 is 28.8 Å². The Hall–Kier alpha value is -4.76. The Morgan fingerprint density at radius 2 is 1.83 bits per heavy atom. The minimum absolute atomic E-state index is 0.0890. The molecule has 4 aromatic rings. The van der Waals surface area contributed by atoms with Gasteiger partial charge in [0.2, 0.25) is 5.95 Å². The second-order valence-electron chi connectivity index (χ2n) is 11.8. The molecule has 6 rings (SSSR count). The maximum Gasteiger partial charge on any atom is 0.227 e. The average Bonchev–Trinajstić information content (AvgIpc) is 3.09. The third-order valence-electron chi connectivity index (χ3n) is 8.53. The third kappa shape index (κ3) is 7.54. The summed E-state index contributed by atoms with van der Waals surface area (Å²) in [6.07, 6.45) is 7.40. The fourth-order valence-corrected chi connectivity index (χ4v) is 6.14. The molecular formula is C37H40FN5O3. The molecule has 238 valence electrons. The van der Waals surface area contributed by atoms with Crippen molar-refractivity contribution in [2.45, 2.75) is 32.1 Å². The second kappa shape index (κ2) is 14.6. The molecule has 3 heterocycles. The van der Waals surface area contributed by atoms with E-state index in [1.54, 1.807) is 19.4 Å². The molecule has 2 aliphatic rings. The predicted molar refractivity (Wildman–Crippen MR) is 181 cm³/mol. The van der Waals surface area contributed by atoms with E-state index in [2.05, 4.69) is 33.9 Å². The zero-order valence-corrected chi connectivity index (χ0v) is 26.3. The van der Waals surface area contributed by atoms with Crippen molar-refractivity contribution in [2.24, 2.45) is 0 Å². The van der Waals surface area contributed by atoms with Crippen LogP contribution in [-0.2, 0) is 22.4 Å². The minimum atomic E-state index is -0.264. The Labute approximate surface area is 269 Å². The van der Waals surface area contributed by atoms with Crippen molar-refractivity contribution in [2.75, 3.05) is 61.6 Å². The van der Waals surface area contributed by atoms with E-state index >= 15 is 4.39 Å². The van der Waals surface area contributed by atoms with Crippen molar-refractivity contribution < 1.29 is 18.7 Å². The Morgan fingerprint density at radius 1 is 1.00 bits per heavy atom. The number of hydrogen-bond donors (Lipinski definition) is 1. The number of ether oxygens (including phenoxy) is 2. The summed E-state index contributed by atoms with van der Waals surface area (Å²) < 4.78 is 26.4. The SMILES string of the molecule is C=CC(=O)Cc1cc(OC)cc(-c2nc(Nc3cccc(N4CCCCC4)c3)ncc2Cc2ccc(N3CCOCC3)c(F)c2)c1. The van der Waals surface area contributed by atoms with Crippen LogP contribution in [-0.4, -0.2) is 62.3 Å². The number of hydrogen-bond acceptors (Lipinski definition) is 8. The van der Waals surface area contributed by atoms with E-state index < -0.39 is 0 Å². The molecule has 1 aromatic heterocycles. The van der Waals surface area contributed by atoms with Gasteiger partial charge in [-0.05, 0) is 85.0 Å². The molecule has 0 unspecified atom stereocenters. The van der Waals surface area contributed by atoms with E-state index in [0.717, 1.165) is 41.0 Å². The van der Waals surface area contributed by atoms with Crippen LogP contribution >= 0.6 is 0 Å². The molecule has 0 bridgehead atoms. The molecule has 1 N–H and O–H groups in total. The smallest absolute Gasteiger partial charge is 0.227 e. The van der Waals surface area contributed by atoms with Crippen LogP contribution in [0.4, 0.5) is 27.4 Å². The number of morpholine rings is 1. The van der Waals surface area contributed by atoms with Gasteiger partial charge in [-0.25, -0.2) is 14.4 Å². The summed E-state index contributed by atoms with van der Waals surface area (Å²) >= 11 is 0. The lowest BCUT2D eigenvalue weighted by Crippen LogP contribution is -2.36. The Balaban J connectivity index is 1.34. The van der Waals surface area contributed by atoms with Crippen molar-refractivity contribution in [1.82, 2.24) is 9.97 Å². The van der Waals surface area contributed by atoms with Crippen LogP contribution in [0.15, 0.2) is 79.5 Å². The van der Waals surface area contributed by atoms with Crippen LogP contribution in [0, 0.1) is 5.82 Å². The maximum atomic E-state index is 15.4. The van der Waals surface area contributed by atoms with E-state index in [1.165, 1.54) is 31.0 Å². The number of anilines is 4. The van der Waals surface area contributed by atoms with Crippen molar-refractivity contribution in [3.63, 3.8) is 0 Å². The summed E-state index contributed by atoms with van der Waals surface area (Å²) in [5, 5.41) is 3.40. The van der Waals surface area contributed by atoms with Gasteiger partial charge in [0.1, 0.15) is 11.6 Å². The first-order chi connectivity index (χ1) is 22.5. The van der Waals surface area contributed by atoms with Gasteiger partial charge >= 0.3 is 0 Å². The molecule has 2 fully saturated rings. The molecule has 9 heteroatoms. The maximum absolute atomic E-state index is 15.4. The van der Waals surface area contributed by atoms with E-state index in [4.69, 9.17) is 14.5 Å². The van der Waals surface area contributed by atoms with Crippen LogP contribution in [0.1, 0.15) is 36.0 Å². The highest BCUT2D eigenvalue weighted by Gasteiger charge is 2.18. The number of benzene rings is 3. The van der Waals surface area contributed by atoms with Gasteiger partial charge in [0, 0.05) is 67.7 Å². The zero-order valence-electron chi connectivity index (χ0n) is 26.3. The van der Waals surface area contributed by atoms with Gasteiger partial charge in [-0.2, -0.15) is 0 Å². The number of piperidine rings is 1. The molecule has 2 saturated heterocycles. The normalized spacial score (nSPS) is 15.0. The number of allylic oxidation sites excluding steroid dienone is 1. The van der Waals surface area contributed by atoms with Crippen LogP contribution in [0.3, 0.4) is 0 Å². The summed E-state index contributed by atoms with van der Waals surface area (Å²) in [5.41, 5.74) is 6.51. The number of aromatic nitrogens is 2. The lowest BCUT2D eigenvalue weighted by molar-refractivity contribution is -0.114. The first kappa shape index (κ1) is 31.2. The monoisotopic (exact) mass is 621 g/mol. The predicted octanol–water partition coefficient (Wildman–Crippen LogP) is 6.75. The van der Waals surface area contributed by atoms with Gasteiger partial charge in [-0.1, -0.05) is 18.7 Å². The van der Waals surface area contributed by atoms with E-state index in [1.807, 2.05) is 47.4 Å². The fourth-order valence-electron chi connectivity index (χ4n) is 6.14. The number of methoxy groups -OCH3 is 1. The van der Waals surface area contributed by atoms with Gasteiger partial charge < -0.3 is 24.6 Å². The summed E-state index contributed by atoms with van der Waals surface area (Å²) in [7, 11) is 1.60. The molecule has 0 saturated carbocycles. The molecule has 0 atom stereocenters. The lowest BCUT2D eigenvalue weighted by Gasteiger charge is -2.29. The molecule has 46 heavy (non-hydrogen) atoms. The Bertz CT molecular complexity index is 1700. The lowest BCUT2D eigenvalue weighted by atomic mass is 9.97. The molecule has 8 nitrogen and oxygen atoms in total. The Kier molecular flexibility index (Phi) is 9.88. The highest BCUT2D eigenvalue weighted by molar-refractivity contribution is 5.91. The molecule has 0 radical (unpaired) electrons. The van der Waals surface area contributed by atoms with Crippen LogP contribution in [0.25, 0.3) is 11.3 Å². The molecule has 0 amide bonds. The quantitative estimate of drug-likeness (QED) is 0.184. The molecular weight excluding hydrogens is 581 g/mol. The topological polar surface area (TPSA) is 79.8 Å². The molecule has 0 aliphatic carbocycles. The minimum Gasteiger partial charge on any atom is -0.497 e. The van der Waals surface area contributed by atoms with Crippen LogP contribution < -0.4 is 19.9 Å².